The van der Waals surface area contributed by atoms with Crippen molar-refractivity contribution in [1.29, 1.82) is 0 Å². The molecule has 0 heterocycles. The van der Waals surface area contributed by atoms with E-state index in [4.69, 9.17) is 17.3 Å². The Kier molecular flexibility index (Phi) is 4.73. The molecule has 0 aromatic heterocycles. The van der Waals surface area contributed by atoms with Gasteiger partial charge in [0.1, 0.15) is 4.90 Å². The Labute approximate surface area is 101 Å². The van der Waals surface area contributed by atoms with E-state index in [0.29, 0.717) is 13.0 Å². The largest absolute Gasteiger partial charge is 0.328 e. The molecule has 1 rings (SSSR count). The lowest BCUT2D eigenvalue weighted by Gasteiger charge is -2.09. The van der Waals surface area contributed by atoms with Gasteiger partial charge in [-0.2, -0.15) is 0 Å². The second kappa shape index (κ2) is 5.63. The van der Waals surface area contributed by atoms with E-state index < -0.39 is 10.0 Å². The highest BCUT2D eigenvalue weighted by Crippen LogP contribution is 2.19. The molecule has 0 bridgehead atoms. The lowest BCUT2D eigenvalue weighted by Crippen LogP contribution is -2.29. The van der Waals surface area contributed by atoms with Gasteiger partial charge in [0.15, 0.2) is 0 Å². The van der Waals surface area contributed by atoms with Crippen molar-refractivity contribution >= 4 is 21.6 Å². The summed E-state index contributed by atoms with van der Waals surface area (Å²) in [6, 6.07) is 6.29. The van der Waals surface area contributed by atoms with Crippen LogP contribution in [0.2, 0.25) is 5.02 Å². The summed E-state index contributed by atoms with van der Waals surface area (Å²) in [7, 11) is -3.52. The Morgan fingerprint density at radius 3 is 2.62 bits per heavy atom. The Hall–Kier alpha value is -0.620. The van der Waals surface area contributed by atoms with Crippen LogP contribution >= 0.6 is 11.6 Å². The Morgan fingerprint density at radius 1 is 1.44 bits per heavy atom. The number of rotatable bonds is 5. The number of hydrogen-bond acceptors (Lipinski definition) is 3. The van der Waals surface area contributed by atoms with E-state index >= 15 is 0 Å². The molecule has 3 N–H and O–H groups in total. The molecule has 1 atom stereocenters. The summed E-state index contributed by atoms with van der Waals surface area (Å²) in [4.78, 5) is 0.0985. The van der Waals surface area contributed by atoms with Crippen LogP contribution in [0.1, 0.15) is 13.3 Å². The molecule has 1 aromatic carbocycles. The van der Waals surface area contributed by atoms with Crippen molar-refractivity contribution in [1.82, 2.24) is 4.72 Å². The van der Waals surface area contributed by atoms with Gasteiger partial charge in [-0.15, -0.1) is 0 Å². The van der Waals surface area contributed by atoms with Crippen LogP contribution in [0.4, 0.5) is 0 Å². The number of hydrogen-bond donors (Lipinski definition) is 2. The number of nitrogens with two attached hydrogens (primary N) is 1. The molecule has 4 nitrogen and oxygen atoms in total. The number of sulfonamides is 1. The minimum Gasteiger partial charge on any atom is -0.328 e. The van der Waals surface area contributed by atoms with Crippen molar-refractivity contribution in [3.8, 4) is 0 Å². The van der Waals surface area contributed by atoms with Gasteiger partial charge in [-0.1, -0.05) is 23.7 Å². The summed E-state index contributed by atoms with van der Waals surface area (Å²) >= 11 is 5.81. The number of halogens is 1. The van der Waals surface area contributed by atoms with Gasteiger partial charge in [0.25, 0.3) is 0 Å². The summed E-state index contributed by atoms with van der Waals surface area (Å²) in [5.41, 5.74) is 5.53. The average Bonchev–Trinajstić information content (AvgIpc) is 2.17. The first kappa shape index (κ1) is 13.4. The highest BCUT2D eigenvalue weighted by atomic mass is 35.5. The normalized spacial score (nSPS) is 13.7. The predicted molar refractivity (Wildman–Crippen MR) is 64.9 cm³/mol. The van der Waals surface area contributed by atoms with E-state index in [-0.39, 0.29) is 16.0 Å². The van der Waals surface area contributed by atoms with Crippen molar-refractivity contribution in [3.05, 3.63) is 29.3 Å². The van der Waals surface area contributed by atoms with Crippen LogP contribution in [0.5, 0.6) is 0 Å². The monoisotopic (exact) mass is 262 g/mol. The molecule has 0 saturated carbocycles. The zero-order valence-corrected chi connectivity index (χ0v) is 10.6. The molecule has 1 aromatic rings. The molecule has 0 aliphatic rings. The predicted octanol–water partition coefficient (Wildman–Crippen LogP) is 1.36. The molecule has 0 aliphatic carbocycles. The molecule has 90 valence electrons. The lowest BCUT2D eigenvalue weighted by molar-refractivity contribution is 0.572. The van der Waals surface area contributed by atoms with E-state index in [1.807, 2.05) is 6.92 Å². The molecule has 6 heteroatoms. The molecule has 0 radical (unpaired) electrons. The van der Waals surface area contributed by atoms with Crippen LogP contribution in [0, 0.1) is 0 Å². The molecule has 0 saturated heterocycles. The van der Waals surface area contributed by atoms with Crippen molar-refractivity contribution in [2.24, 2.45) is 5.73 Å². The third-order valence-electron chi connectivity index (χ3n) is 2.02. The quantitative estimate of drug-likeness (QED) is 0.842. The van der Waals surface area contributed by atoms with Crippen molar-refractivity contribution in [2.75, 3.05) is 6.54 Å². The Bertz CT molecular complexity index is 446. The van der Waals surface area contributed by atoms with Crippen LogP contribution in [0.3, 0.4) is 0 Å². The fourth-order valence-corrected chi connectivity index (χ4v) is 2.73. The van der Waals surface area contributed by atoms with Gasteiger partial charge >= 0.3 is 0 Å². The van der Waals surface area contributed by atoms with E-state index in [2.05, 4.69) is 4.72 Å². The lowest BCUT2D eigenvalue weighted by atomic mass is 10.3. The van der Waals surface area contributed by atoms with Crippen LogP contribution in [-0.2, 0) is 10.0 Å². The van der Waals surface area contributed by atoms with Gasteiger partial charge in [0.2, 0.25) is 10.0 Å². The van der Waals surface area contributed by atoms with Crippen molar-refractivity contribution < 1.29 is 8.42 Å². The highest BCUT2D eigenvalue weighted by molar-refractivity contribution is 7.89. The maximum Gasteiger partial charge on any atom is 0.242 e. The van der Waals surface area contributed by atoms with Crippen LogP contribution < -0.4 is 10.5 Å². The topological polar surface area (TPSA) is 72.2 Å². The summed E-state index contributed by atoms with van der Waals surface area (Å²) < 4.78 is 26.1. The molecule has 0 amide bonds. The first-order chi connectivity index (χ1) is 7.43. The molecule has 0 unspecified atom stereocenters. The first-order valence-electron chi connectivity index (χ1n) is 4.93. The summed E-state index contributed by atoms with van der Waals surface area (Å²) in [5, 5.41) is 0.218. The zero-order chi connectivity index (χ0) is 12.2. The van der Waals surface area contributed by atoms with Crippen LogP contribution in [-0.4, -0.2) is 21.0 Å². The second-order valence-electron chi connectivity index (χ2n) is 3.59. The van der Waals surface area contributed by atoms with E-state index in [9.17, 15) is 8.42 Å². The highest BCUT2D eigenvalue weighted by Gasteiger charge is 2.16. The third-order valence-corrected chi connectivity index (χ3v) is 3.98. The van der Waals surface area contributed by atoms with Crippen molar-refractivity contribution in [3.63, 3.8) is 0 Å². The van der Waals surface area contributed by atoms with E-state index in [1.165, 1.54) is 6.07 Å². The van der Waals surface area contributed by atoms with E-state index in [1.54, 1.807) is 18.2 Å². The molecule has 16 heavy (non-hydrogen) atoms. The van der Waals surface area contributed by atoms with Gasteiger partial charge in [-0.05, 0) is 25.5 Å². The fourth-order valence-electron chi connectivity index (χ4n) is 1.16. The molecular formula is C10H15ClN2O2S. The van der Waals surface area contributed by atoms with Gasteiger partial charge in [-0.25, -0.2) is 13.1 Å². The maximum absolute atomic E-state index is 11.8. The second-order valence-corrected chi connectivity index (χ2v) is 5.74. The molecule has 0 aliphatic heterocycles. The van der Waals surface area contributed by atoms with E-state index in [0.717, 1.165) is 0 Å². The fraction of sp³-hybridized carbons (Fsp3) is 0.400. The molecule has 0 fully saturated rings. The van der Waals surface area contributed by atoms with Gasteiger partial charge in [-0.3, -0.25) is 0 Å². The average molecular weight is 263 g/mol. The van der Waals surface area contributed by atoms with Crippen LogP contribution in [0.25, 0.3) is 0 Å². The van der Waals surface area contributed by atoms with Crippen LogP contribution in [0.15, 0.2) is 29.2 Å². The van der Waals surface area contributed by atoms with Crippen molar-refractivity contribution in [2.45, 2.75) is 24.3 Å². The maximum atomic E-state index is 11.8. The Balaban J connectivity index is 2.75. The summed E-state index contributed by atoms with van der Waals surface area (Å²) in [6.45, 7) is 2.13. The summed E-state index contributed by atoms with van der Waals surface area (Å²) in [6.07, 6.45) is 0.587. The number of nitrogens with one attached hydrogen (secondary N) is 1. The van der Waals surface area contributed by atoms with Gasteiger partial charge < -0.3 is 5.73 Å². The zero-order valence-electron chi connectivity index (χ0n) is 8.98. The van der Waals surface area contributed by atoms with Gasteiger partial charge in [0, 0.05) is 12.6 Å². The smallest absolute Gasteiger partial charge is 0.242 e. The molecule has 0 spiro atoms. The minimum absolute atomic E-state index is 0.0334. The minimum atomic E-state index is -3.52. The first-order valence-corrected chi connectivity index (χ1v) is 6.79. The Morgan fingerprint density at radius 2 is 2.06 bits per heavy atom. The third kappa shape index (κ3) is 3.75. The number of benzene rings is 1. The standard InChI is InChI=1S/C10H15ClN2O2S/c1-8(12)6-7-13-16(14,15)10-5-3-2-4-9(10)11/h2-5,8,13H,6-7,12H2,1H3/t8-/m0/s1. The summed E-state index contributed by atoms with van der Waals surface area (Å²) in [5.74, 6) is 0. The molecular weight excluding hydrogens is 248 g/mol. The van der Waals surface area contributed by atoms with Gasteiger partial charge in [0.05, 0.1) is 5.02 Å². The SMILES string of the molecule is C[C@H](N)CCNS(=O)(=O)c1ccccc1Cl.